The fraction of sp³-hybridized carbons (Fsp3) is 0.562. The first-order valence-corrected chi connectivity index (χ1v) is 8.28. The van der Waals surface area contributed by atoms with Crippen molar-refractivity contribution in [3.05, 3.63) is 23.6 Å². The molecule has 130 valence electrons. The summed E-state index contributed by atoms with van der Waals surface area (Å²) in [5.74, 6) is 2.92. The van der Waals surface area contributed by atoms with Gasteiger partial charge in [-0.1, -0.05) is 19.0 Å². The third-order valence-corrected chi connectivity index (χ3v) is 4.15. The molecule has 2 aromatic heterocycles. The molecule has 24 heavy (non-hydrogen) atoms. The maximum absolute atomic E-state index is 5.94. The Balaban J connectivity index is 1.67. The smallest absolute Gasteiger partial charge is 0.226 e. The van der Waals surface area contributed by atoms with Gasteiger partial charge in [-0.05, 0) is 13.0 Å². The van der Waals surface area contributed by atoms with Crippen molar-refractivity contribution >= 4 is 17.6 Å². The summed E-state index contributed by atoms with van der Waals surface area (Å²) < 4.78 is 5.32. The average molecular weight is 331 g/mol. The van der Waals surface area contributed by atoms with Crippen LogP contribution in [0.1, 0.15) is 31.2 Å². The van der Waals surface area contributed by atoms with Crippen LogP contribution in [-0.4, -0.2) is 53.3 Å². The lowest BCUT2D eigenvalue weighted by molar-refractivity contribution is 0.312. The van der Waals surface area contributed by atoms with Gasteiger partial charge in [0.1, 0.15) is 11.6 Å². The number of likely N-dealkylation sites (N-methyl/N-ethyl adjacent to an activating group) is 1. The van der Waals surface area contributed by atoms with Crippen LogP contribution in [-0.2, 0) is 6.54 Å². The third kappa shape index (κ3) is 3.94. The number of nitrogens with zero attached hydrogens (tertiary/aromatic N) is 5. The van der Waals surface area contributed by atoms with Gasteiger partial charge in [-0.15, -0.1) is 0 Å². The first-order valence-electron chi connectivity index (χ1n) is 8.28. The standard InChI is InChI=1S/C16H25N7O/c1-11(2)13-8-12(24-21-13)10-18-16-19-14(17)9-15(20-16)23-6-4-22(3)5-7-23/h8-9,11H,4-7,10H2,1-3H3,(H3,17,18,19,20). The molecule has 1 saturated heterocycles. The Morgan fingerprint density at radius 1 is 1.21 bits per heavy atom. The van der Waals surface area contributed by atoms with Crippen molar-refractivity contribution in [1.82, 2.24) is 20.0 Å². The van der Waals surface area contributed by atoms with E-state index in [0.717, 1.165) is 43.5 Å². The zero-order chi connectivity index (χ0) is 17.1. The molecule has 0 unspecified atom stereocenters. The molecule has 0 spiro atoms. The van der Waals surface area contributed by atoms with Crippen molar-refractivity contribution in [2.24, 2.45) is 0 Å². The fourth-order valence-electron chi connectivity index (χ4n) is 2.58. The van der Waals surface area contributed by atoms with E-state index in [4.69, 9.17) is 10.3 Å². The van der Waals surface area contributed by atoms with E-state index >= 15 is 0 Å². The topological polar surface area (TPSA) is 96.3 Å². The lowest BCUT2D eigenvalue weighted by atomic mass is 10.1. The van der Waals surface area contributed by atoms with Gasteiger partial charge in [0.15, 0.2) is 5.76 Å². The molecule has 8 nitrogen and oxygen atoms in total. The van der Waals surface area contributed by atoms with E-state index in [9.17, 15) is 0 Å². The number of aromatic nitrogens is 3. The minimum Gasteiger partial charge on any atom is -0.383 e. The molecule has 0 saturated carbocycles. The van der Waals surface area contributed by atoms with Crippen LogP contribution in [0.25, 0.3) is 0 Å². The molecular weight excluding hydrogens is 306 g/mol. The summed E-state index contributed by atoms with van der Waals surface area (Å²) in [6.07, 6.45) is 0. The van der Waals surface area contributed by atoms with Gasteiger partial charge < -0.3 is 25.4 Å². The van der Waals surface area contributed by atoms with Crippen LogP contribution < -0.4 is 16.0 Å². The van der Waals surface area contributed by atoms with Crippen LogP contribution in [0.3, 0.4) is 0 Å². The molecule has 8 heteroatoms. The van der Waals surface area contributed by atoms with Crippen molar-refractivity contribution in [3.8, 4) is 0 Å². The van der Waals surface area contributed by atoms with Gasteiger partial charge >= 0.3 is 0 Å². The van der Waals surface area contributed by atoms with Gasteiger partial charge in [0, 0.05) is 38.3 Å². The maximum Gasteiger partial charge on any atom is 0.226 e. The van der Waals surface area contributed by atoms with Gasteiger partial charge in [-0.2, -0.15) is 9.97 Å². The Morgan fingerprint density at radius 2 is 1.96 bits per heavy atom. The molecule has 2 aromatic rings. The highest BCUT2D eigenvalue weighted by atomic mass is 16.5. The Kier molecular flexibility index (Phi) is 4.84. The predicted molar refractivity (Wildman–Crippen MR) is 94.1 cm³/mol. The molecule has 0 radical (unpaired) electrons. The number of hydrogen-bond donors (Lipinski definition) is 2. The van der Waals surface area contributed by atoms with Crippen LogP contribution in [0.5, 0.6) is 0 Å². The number of anilines is 3. The minimum absolute atomic E-state index is 0.343. The second kappa shape index (κ2) is 7.04. The SMILES string of the molecule is CC(C)c1cc(CNc2nc(N)cc(N3CCN(C)CC3)n2)on1. The zero-order valence-corrected chi connectivity index (χ0v) is 14.5. The van der Waals surface area contributed by atoms with Crippen LogP contribution in [0, 0.1) is 0 Å². The fourth-order valence-corrected chi connectivity index (χ4v) is 2.58. The van der Waals surface area contributed by atoms with Gasteiger partial charge in [-0.25, -0.2) is 0 Å². The second-order valence-electron chi connectivity index (χ2n) is 6.49. The van der Waals surface area contributed by atoms with E-state index in [-0.39, 0.29) is 0 Å². The molecule has 0 aromatic carbocycles. The molecule has 0 amide bonds. The van der Waals surface area contributed by atoms with Crippen molar-refractivity contribution in [3.63, 3.8) is 0 Å². The summed E-state index contributed by atoms with van der Waals surface area (Å²) in [5, 5.41) is 7.22. The summed E-state index contributed by atoms with van der Waals surface area (Å²) >= 11 is 0. The van der Waals surface area contributed by atoms with E-state index in [1.165, 1.54) is 0 Å². The van der Waals surface area contributed by atoms with E-state index in [2.05, 4.69) is 51.1 Å². The third-order valence-electron chi connectivity index (χ3n) is 4.15. The molecular formula is C16H25N7O. The Labute approximate surface area is 142 Å². The molecule has 1 fully saturated rings. The van der Waals surface area contributed by atoms with E-state index in [0.29, 0.717) is 24.2 Å². The Morgan fingerprint density at radius 3 is 2.62 bits per heavy atom. The molecule has 0 aliphatic carbocycles. The van der Waals surface area contributed by atoms with Crippen LogP contribution >= 0.6 is 0 Å². The average Bonchev–Trinajstić information content (AvgIpc) is 3.02. The first-order chi connectivity index (χ1) is 11.5. The number of piperazine rings is 1. The first kappa shape index (κ1) is 16.5. The van der Waals surface area contributed by atoms with Crippen molar-refractivity contribution in [2.45, 2.75) is 26.3 Å². The van der Waals surface area contributed by atoms with Crippen molar-refractivity contribution in [2.75, 3.05) is 49.2 Å². The number of hydrogen-bond acceptors (Lipinski definition) is 8. The highest BCUT2D eigenvalue weighted by Crippen LogP contribution is 2.19. The van der Waals surface area contributed by atoms with Crippen LogP contribution in [0.2, 0.25) is 0 Å². The predicted octanol–water partition coefficient (Wildman–Crippen LogP) is 1.53. The lowest BCUT2D eigenvalue weighted by Gasteiger charge is -2.33. The maximum atomic E-state index is 5.94. The molecule has 1 aliphatic heterocycles. The Bertz CT molecular complexity index is 677. The van der Waals surface area contributed by atoms with Gasteiger partial charge in [-0.3, -0.25) is 0 Å². The zero-order valence-electron chi connectivity index (χ0n) is 14.5. The van der Waals surface area contributed by atoms with Crippen molar-refractivity contribution in [1.29, 1.82) is 0 Å². The largest absolute Gasteiger partial charge is 0.383 e. The van der Waals surface area contributed by atoms with Crippen molar-refractivity contribution < 1.29 is 4.52 Å². The molecule has 1 aliphatic rings. The van der Waals surface area contributed by atoms with Crippen LogP contribution in [0.4, 0.5) is 17.6 Å². The second-order valence-corrected chi connectivity index (χ2v) is 6.49. The quantitative estimate of drug-likeness (QED) is 0.851. The number of nitrogens with two attached hydrogens (primary N) is 1. The highest BCUT2D eigenvalue weighted by Gasteiger charge is 2.17. The lowest BCUT2D eigenvalue weighted by Crippen LogP contribution is -2.44. The summed E-state index contributed by atoms with van der Waals surface area (Å²) in [6, 6.07) is 3.77. The molecule has 3 rings (SSSR count). The highest BCUT2D eigenvalue weighted by molar-refractivity contribution is 5.51. The summed E-state index contributed by atoms with van der Waals surface area (Å²) in [6.45, 7) is 8.55. The van der Waals surface area contributed by atoms with E-state index in [1.807, 2.05) is 12.1 Å². The molecule has 3 N–H and O–H groups in total. The Hall–Kier alpha value is -2.35. The van der Waals surface area contributed by atoms with Gasteiger partial charge in [0.05, 0.1) is 12.2 Å². The van der Waals surface area contributed by atoms with Gasteiger partial charge in [0.2, 0.25) is 5.95 Å². The summed E-state index contributed by atoms with van der Waals surface area (Å²) in [5.41, 5.74) is 6.89. The monoisotopic (exact) mass is 331 g/mol. The van der Waals surface area contributed by atoms with E-state index < -0.39 is 0 Å². The summed E-state index contributed by atoms with van der Waals surface area (Å²) in [7, 11) is 2.13. The minimum atomic E-state index is 0.343. The van der Waals surface area contributed by atoms with E-state index in [1.54, 1.807) is 0 Å². The van der Waals surface area contributed by atoms with Crippen LogP contribution in [0.15, 0.2) is 16.7 Å². The van der Waals surface area contributed by atoms with Gasteiger partial charge in [0.25, 0.3) is 0 Å². The molecule has 0 bridgehead atoms. The molecule has 0 atom stereocenters. The molecule has 3 heterocycles. The normalized spacial score (nSPS) is 15.9. The summed E-state index contributed by atoms with van der Waals surface area (Å²) in [4.78, 5) is 13.4. The number of nitrogen functional groups attached to an aromatic ring is 1. The number of rotatable bonds is 5. The number of nitrogens with one attached hydrogen (secondary N) is 1.